The Morgan fingerprint density at radius 2 is 2.08 bits per heavy atom. The first-order valence-electron chi connectivity index (χ1n) is 4.66. The van der Waals surface area contributed by atoms with E-state index in [1.807, 2.05) is 0 Å². The van der Waals surface area contributed by atoms with E-state index in [0.29, 0.717) is 6.04 Å². The van der Waals surface area contributed by atoms with Gasteiger partial charge in [0, 0.05) is 18.8 Å². The fourth-order valence-corrected chi connectivity index (χ4v) is 1.46. The highest BCUT2D eigenvalue weighted by Gasteiger charge is 2.26. The van der Waals surface area contributed by atoms with Crippen molar-refractivity contribution in [2.75, 3.05) is 13.6 Å². The second kappa shape index (κ2) is 7.25. The second-order valence-electron chi connectivity index (χ2n) is 3.05. The van der Waals surface area contributed by atoms with Crippen LogP contribution in [-0.4, -0.2) is 25.8 Å². The van der Waals surface area contributed by atoms with Gasteiger partial charge in [0.05, 0.1) is 0 Å². The quantitative estimate of drug-likeness (QED) is 0.552. The zero-order chi connectivity index (χ0) is 9.40. The monoisotopic (exact) mass is 171 g/mol. The Balaban J connectivity index is 0.000000561. The number of nitrogens with one attached hydrogen (secondary N) is 2. The minimum absolute atomic E-state index is 0.714. The van der Waals surface area contributed by atoms with Crippen LogP contribution in [-0.2, 0) is 0 Å². The molecule has 0 saturated heterocycles. The van der Waals surface area contributed by atoms with Gasteiger partial charge in [-0.05, 0) is 25.8 Å². The molecule has 3 heteroatoms. The van der Waals surface area contributed by atoms with Crippen molar-refractivity contribution in [1.29, 1.82) is 5.41 Å². The minimum Gasteiger partial charge on any atom is -0.333 e. The molecule has 0 aromatic carbocycles. The van der Waals surface area contributed by atoms with Crippen LogP contribution in [0.5, 0.6) is 0 Å². The van der Waals surface area contributed by atoms with Gasteiger partial charge in [-0.1, -0.05) is 13.3 Å². The lowest BCUT2D eigenvalue weighted by Crippen LogP contribution is -2.41. The summed E-state index contributed by atoms with van der Waals surface area (Å²) in [7, 11) is 1.50. The molecule has 0 aromatic rings. The molecule has 1 saturated carbocycles. The number of rotatable bonds is 4. The Morgan fingerprint density at radius 3 is 2.50 bits per heavy atom. The first-order valence-corrected chi connectivity index (χ1v) is 4.66. The molecule has 72 valence electrons. The van der Waals surface area contributed by atoms with Crippen molar-refractivity contribution in [2.45, 2.75) is 32.2 Å². The van der Waals surface area contributed by atoms with Gasteiger partial charge in [-0.25, -0.2) is 0 Å². The van der Waals surface area contributed by atoms with Gasteiger partial charge in [-0.15, -0.1) is 0 Å². The topological polar surface area (TPSA) is 61.9 Å². The summed E-state index contributed by atoms with van der Waals surface area (Å²) in [5.41, 5.74) is 4.50. The van der Waals surface area contributed by atoms with Crippen molar-refractivity contribution in [1.82, 2.24) is 5.32 Å². The molecular formula is C9H21N3. The molecule has 0 heterocycles. The normalized spacial score (nSPS) is 26.6. The van der Waals surface area contributed by atoms with Crippen molar-refractivity contribution in [3.05, 3.63) is 0 Å². The average molecular weight is 171 g/mol. The lowest BCUT2D eigenvalue weighted by molar-refractivity contribution is 0.224. The van der Waals surface area contributed by atoms with Gasteiger partial charge in [-0.2, -0.15) is 0 Å². The molecule has 0 aliphatic heterocycles. The summed E-state index contributed by atoms with van der Waals surface area (Å²) in [5.74, 6) is 0.961. The van der Waals surface area contributed by atoms with Crippen molar-refractivity contribution in [3.63, 3.8) is 0 Å². The zero-order valence-electron chi connectivity index (χ0n) is 8.14. The van der Waals surface area contributed by atoms with E-state index in [1.54, 1.807) is 0 Å². The fourth-order valence-electron chi connectivity index (χ4n) is 1.46. The zero-order valence-corrected chi connectivity index (χ0v) is 8.14. The smallest absolute Gasteiger partial charge is 0.0304 e. The van der Waals surface area contributed by atoms with Crippen LogP contribution in [0.15, 0.2) is 0 Å². The Bertz CT molecular complexity index is 108. The van der Waals surface area contributed by atoms with Gasteiger partial charge in [-0.3, -0.25) is 0 Å². The van der Waals surface area contributed by atoms with E-state index in [9.17, 15) is 0 Å². The van der Waals surface area contributed by atoms with Gasteiger partial charge in [0.25, 0.3) is 0 Å². The highest BCUT2D eigenvalue weighted by Crippen LogP contribution is 2.29. The molecule has 1 fully saturated rings. The molecule has 1 rings (SSSR count). The molecule has 1 aliphatic rings. The van der Waals surface area contributed by atoms with Gasteiger partial charge in [0.2, 0.25) is 0 Å². The molecule has 0 aromatic heterocycles. The summed E-state index contributed by atoms with van der Waals surface area (Å²) in [5, 5.41) is 10.1. The second-order valence-corrected chi connectivity index (χ2v) is 3.05. The Morgan fingerprint density at radius 1 is 1.50 bits per heavy atom. The molecule has 0 radical (unpaired) electrons. The molecule has 0 amide bonds. The lowest BCUT2D eigenvalue weighted by Gasteiger charge is -2.35. The molecule has 12 heavy (non-hydrogen) atoms. The van der Waals surface area contributed by atoms with Crippen LogP contribution in [0.4, 0.5) is 0 Å². The van der Waals surface area contributed by atoms with Crippen molar-refractivity contribution < 1.29 is 0 Å². The Labute approximate surface area is 75.2 Å². The molecule has 0 spiro atoms. The molecule has 0 bridgehead atoms. The third-order valence-corrected chi connectivity index (χ3v) is 2.32. The minimum atomic E-state index is 0.714. The maximum atomic E-state index is 6.80. The molecule has 1 aliphatic carbocycles. The van der Waals surface area contributed by atoms with E-state index in [1.165, 1.54) is 32.5 Å². The summed E-state index contributed by atoms with van der Waals surface area (Å²) in [6.07, 6.45) is 5.40. The van der Waals surface area contributed by atoms with Crippen molar-refractivity contribution in [2.24, 2.45) is 11.7 Å². The van der Waals surface area contributed by atoms with E-state index in [2.05, 4.69) is 18.0 Å². The van der Waals surface area contributed by atoms with Crippen molar-refractivity contribution >= 4 is 6.21 Å². The molecule has 4 N–H and O–H groups in total. The number of hydrogen-bond donors (Lipinski definition) is 3. The van der Waals surface area contributed by atoms with Gasteiger partial charge in [0.1, 0.15) is 0 Å². The van der Waals surface area contributed by atoms with Crippen LogP contribution in [0.2, 0.25) is 0 Å². The fraction of sp³-hybridized carbons (Fsp3) is 0.889. The summed E-state index contributed by atoms with van der Waals surface area (Å²) in [6, 6.07) is 0.714. The standard InChI is InChI=1S/C8H16N2.CH5N/c1-2-7-5-8(6-7)10-4-3-9;1-2/h3,7-10H,2,4-6H2,1H3;2H2,1H3. The van der Waals surface area contributed by atoms with E-state index in [0.717, 1.165) is 12.5 Å². The summed E-state index contributed by atoms with van der Waals surface area (Å²) in [4.78, 5) is 0. The van der Waals surface area contributed by atoms with Crippen LogP contribution >= 0.6 is 0 Å². The molecule has 0 atom stereocenters. The first kappa shape index (κ1) is 11.6. The first-order chi connectivity index (χ1) is 5.86. The highest BCUT2D eigenvalue weighted by molar-refractivity contribution is 5.55. The van der Waals surface area contributed by atoms with Crippen LogP contribution in [0.25, 0.3) is 0 Å². The van der Waals surface area contributed by atoms with Crippen LogP contribution < -0.4 is 11.1 Å². The number of nitrogens with two attached hydrogens (primary N) is 1. The number of hydrogen-bond acceptors (Lipinski definition) is 3. The molecule has 3 nitrogen and oxygen atoms in total. The molecular weight excluding hydrogens is 150 g/mol. The molecule has 0 unspecified atom stereocenters. The van der Waals surface area contributed by atoms with Gasteiger partial charge < -0.3 is 16.5 Å². The predicted molar refractivity (Wildman–Crippen MR) is 53.7 cm³/mol. The maximum Gasteiger partial charge on any atom is 0.0304 e. The van der Waals surface area contributed by atoms with E-state index >= 15 is 0 Å². The van der Waals surface area contributed by atoms with E-state index < -0.39 is 0 Å². The third kappa shape index (κ3) is 3.83. The van der Waals surface area contributed by atoms with Crippen molar-refractivity contribution in [3.8, 4) is 0 Å². The SMILES string of the molecule is CCC1CC(NCC=N)C1.CN. The maximum absolute atomic E-state index is 6.80. The Kier molecular flexibility index (Phi) is 7.00. The average Bonchev–Trinajstić information content (AvgIpc) is 2.06. The van der Waals surface area contributed by atoms with Gasteiger partial charge >= 0.3 is 0 Å². The van der Waals surface area contributed by atoms with Crippen LogP contribution in [0, 0.1) is 11.3 Å². The third-order valence-electron chi connectivity index (χ3n) is 2.32. The largest absolute Gasteiger partial charge is 0.333 e. The lowest BCUT2D eigenvalue weighted by atomic mass is 9.79. The van der Waals surface area contributed by atoms with Gasteiger partial charge in [0.15, 0.2) is 0 Å². The van der Waals surface area contributed by atoms with Crippen LogP contribution in [0.1, 0.15) is 26.2 Å². The summed E-state index contributed by atoms with van der Waals surface area (Å²) < 4.78 is 0. The van der Waals surface area contributed by atoms with E-state index in [-0.39, 0.29) is 0 Å². The van der Waals surface area contributed by atoms with E-state index in [4.69, 9.17) is 5.41 Å². The predicted octanol–water partition coefficient (Wildman–Crippen LogP) is 0.989. The summed E-state index contributed by atoms with van der Waals surface area (Å²) >= 11 is 0. The Hall–Kier alpha value is -0.410. The highest BCUT2D eigenvalue weighted by atomic mass is 14.9. The summed E-state index contributed by atoms with van der Waals surface area (Å²) in [6.45, 7) is 3.00. The van der Waals surface area contributed by atoms with Crippen LogP contribution in [0.3, 0.4) is 0 Å².